The summed E-state index contributed by atoms with van der Waals surface area (Å²) in [5.41, 5.74) is 3.62. The van der Waals surface area contributed by atoms with Gasteiger partial charge in [0.1, 0.15) is 6.10 Å². The van der Waals surface area contributed by atoms with E-state index >= 15 is 0 Å². The van der Waals surface area contributed by atoms with Crippen molar-refractivity contribution in [2.45, 2.75) is 25.6 Å². The molecule has 2 aromatic rings. The van der Waals surface area contributed by atoms with E-state index in [4.69, 9.17) is 4.74 Å². The molecule has 0 bridgehead atoms. The minimum atomic E-state index is -0.197. The second-order valence-electron chi connectivity index (χ2n) is 5.01. The molecule has 0 saturated heterocycles. The van der Waals surface area contributed by atoms with Gasteiger partial charge in [-0.1, -0.05) is 54.6 Å². The molecule has 0 aliphatic carbocycles. The summed E-state index contributed by atoms with van der Waals surface area (Å²) in [5.74, 6) is 0. The van der Waals surface area contributed by atoms with Crippen LogP contribution < -0.4 is 0 Å². The Bertz CT molecular complexity index is 528. The van der Waals surface area contributed by atoms with E-state index < -0.39 is 0 Å². The molecule has 0 amide bonds. The highest BCUT2D eigenvalue weighted by molar-refractivity contribution is 5.42. The molecule has 0 N–H and O–H groups in total. The first kappa shape index (κ1) is 10.5. The van der Waals surface area contributed by atoms with Gasteiger partial charge in [0, 0.05) is 0 Å². The molecule has 1 aliphatic heterocycles. The van der Waals surface area contributed by atoms with Crippen molar-refractivity contribution < 1.29 is 4.74 Å². The van der Waals surface area contributed by atoms with Crippen molar-refractivity contribution in [3.63, 3.8) is 0 Å². The molecule has 0 saturated carbocycles. The second-order valence-corrected chi connectivity index (χ2v) is 5.01. The number of benzene rings is 2. The van der Waals surface area contributed by atoms with E-state index in [0.717, 1.165) is 0 Å². The van der Waals surface area contributed by atoms with E-state index in [-0.39, 0.29) is 11.7 Å². The van der Waals surface area contributed by atoms with Gasteiger partial charge in [-0.15, -0.1) is 0 Å². The topological polar surface area (TPSA) is 9.23 Å². The van der Waals surface area contributed by atoms with Gasteiger partial charge in [-0.05, 0) is 30.5 Å². The highest BCUT2D eigenvalue weighted by Crippen LogP contribution is 2.45. The van der Waals surface area contributed by atoms with Crippen molar-refractivity contribution in [2.24, 2.45) is 0 Å². The highest BCUT2D eigenvalue weighted by Gasteiger charge is 2.37. The molecule has 0 fully saturated rings. The van der Waals surface area contributed by atoms with Crippen LogP contribution in [0, 0.1) is 0 Å². The molecule has 1 heteroatoms. The van der Waals surface area contributed by atoms with Crippen molar-refractivity contribution in [3.8, 4) is 0 Å². The molecule has 1 heterocycles. The van der Waals surface area contributed by atoms with Gasteiger partial charge in [-0.2, -0.15) is 0 Å². The first-order valence-corrected chi connectivity index (χ1v) is 6.01. The molecule has 3 rings (SSSR count). The Labute approximate surface area is 102 Å². The largest absolute Gasteiger partial charge is 0.358 e. The van der Waals surface area contributed by atoms with E-state index in [1.807, 2.05) is 6.07 Å². The zero-order valence-corrected chi connectivity index (χ0v) is 10.2. The standard InChI is InChI=1S/C16H16O/c1-16(2)14-11-7-6-10-13(14)15(17-16)12-8-4-3-5-9-12/h3-11,15H,1-2H3/t15-/m1/s1. The van der Waals surface area contributed by atoms with E-state index in [1.165, 1.54) is 16.7 Å². The van der Waals surface area contributed by atoms with Crippen LogP contribution in [0.2, 0.25) is 0 Å². The Hall–Kier alpha value is -1.60. The van der Waals surface area contributed by atoms with Crippen LogP contribution in [0.4, 0.5) is 0 Å². The van der Waals surface area contributed by atoms with Crippen LogP contribution in [0.1, 0.15) is 36.6 Å². The number of rotatable bonds is 1. The van der Waals surface area contributed by atoms with Crippen molar-refractivity contribution >= 4 is 0 Å². The van der Waals surface area contributed by atoms with Gasteiger partial charge in [0.25, 0.3) is 0 Å². The zero-order chi connectivity index (χ0) is 11.9. The van der Waals surface area contributed by atoms with Crippen LogP contribution in [-0.4, -0.2) is 0 Å². The molecular formula is C16H16O. The average molecular weight is 224 g/mol. The van der Waals surface area contributed by atoms with E-state index in [9.17, 15) is 0 Å². The van der Waals surface area contributed by atoms with Gasteiger partial charge in [-0.3, -0.25) is 0 Å². The minimum absolute atomic E-state index is 0.0717. The molecule has 86 valence electrons. The zero-order valence-electron chi connectivity index (χ0n) is 10.2. The molecule has 17 heavy (non-hydrogen) atoms. The third kappa shape index (κ3) is 1.67. The average Bonchev–Trinajstić information content (AvgIpc) is 2.64. The SMILES string of the molecule is CC1(C)O[C@H](c2ccccc2)c2ccccc21. The Kier molecular flexibility index (Phi) is 2.30. The number of hydrogen-bond donors (Lipinski definition) is 0. The first-order valence-electron chi connectivity index (χ1n) is 6.01. The van der Waals surface area contributed by atoms with E-state index in [2.05, 4.69) is 62.4 Å². The van der Waals surface area contributed by atoms with Gasteiger partial charge in [0.2, 0.25) is 0 Å². The Morgan fingerprint density at radius 2 is 1.53 bits per heavy atom. The van der Waals surface area contributed by atoms with E-state index in [1.54, 1.807) is 0 Å². The van der Waals surface area contributed by atoms with Crippen molar-refractivity contribution in [2.75, 3.05) is 0 Å². The molecule has 1 atom stereocenters. The van der Waals surface area contributed by atoms with Crippen LogP contribution in [0.15, 0.2) is 54.6 Å². The maximum absolute atomic E-state index is 6.21. The van der Waals surface area contributed by atoms with Crippen LogP contribution in [-0.2, 0) is 10.3 Å². The first-order chi connectivity index (χ1) is 8.18. The van der Waals surface area contributed by atoms with Crippen molar-refractivity contribution in [1.29, 1.82) is 0 Å². The summed E-state index contributed by atoms with van der Waals surface area (Å²) in [6.45, 7) is 4.27. The Balaban J connectivity index is 2.12. The summed E-state index contributed by atoms with van der Waals surface area (Å²) in [7, 11) is 0. The number of fused-ring (bicyclic) bond motifs is 1. The van der Waals surface area contributed by atoms with Gasteiger partial charge >= 0.3 is 0 Å². The van der Waals surface area contributed by atoms with Crippen LogP contribution >= 0.6 is 0 Å². The maximum atomic E-state index is 6.21. The van der Waals surface area contributed by atoms with Crippen LogP contribution in [0.3, 0.4) is 0 Å². The molecular weight excluding hydrogens is 208 g/mol. The van der Waals surface area contributed by atoms with Crippen LogP contribution in [0.5, 0.6) is 0 Å². The fraction of sp³-hybridized carbons (Fsp3) is 0.250. The predicted molar refractivity (Wildman–Crippen MR) is 68.8 cm³/mol. The number of hydrogen-bond acceptors (Lipinski definition) is 1. The molecule has 0 spiro atoms. The fourth-order valence-corrected chi connectivity index (χ4v) is 2.57. The smallest absolute Gasteiger partial charge is 0.109 e. The second kappa shape index (κ2) is 3.71. The Morgan fingerprint density at radius 1 is 0.882 bits per heavy atom. The van der Waals surface area contributed by atoms with E-state index in [0.29, 0.717) is 0 Å². The molecule has 2 aromatic carbocycles. The summed E-state index contributed by atoms with van der Waals surface area (Å²) in [6.07, 6.45) is 0.0717. The maximum Gasteiger partial charge on any atom is 0.109 e. The molecule has 0 aromatic heterocycles. The van der Waals surface area contributed by atoms with Gasteiger partial charge in [0.05, 0.1) is 5.60 Å². The molecule has 1 aliphatic rings. The van der Waals surface area contributed by atoms with Crippen molar-refractivity contribution in [3.05, 3.63) is 71.3 Å². The predicted octanol–water partition coefficient (Wildman–Crippen LogP) is 4.04. The summed E-state index contributed by atoms with van der Waals surface area (Å²) >= 11 is 0. The summed E-state index contributed by atoms with van der Waals surface area (Å²) in [6, 6.07) is 18.9. The van der Waals surface area contributed by atoms with Gasteiger partial charge < -0.3 is 4.74 Å². The fourth-order valence-electron chi connectivity index (χ4n) is 2.57. The monoisotopic (exact) mass is 224 g/mol. The summed E-state index contributed by atoms with van der Waals surface area (Å²) in [5, 5.41) is 0. The highest BCUT2D eigenvalue weighted by atomic mass is 16.5. The lowest BCUT2D eigenvalue weighted by molar-refractivity contribution is -0.0340. The number of ether oxygens (including phenoxy) is 1. The molecule has 1 nitrogen and oxygen atoms in total. The minimum Gasteiger partial charge on any atom is -0.358 e. The van der Waals surface area contributed by atoms with Crippen molar-refractivity contribution in [1.82, 2.24) is 0 Å². The third-order valence-electron chi connectivity index (χ3n) is 3.41. The normalized spacial score (nSPS) is 21.2. The molecule has 0 unspecified atom stereocenters. The quantitative estimate of drug-likeness (QED) is 0.710. The van der Waals surface area contributed by atoms with Gasteiger partial charge in [0.15, 0.2) is 0 Å². The lowest BCUT2D eigenvalue weighted by Crippen LogP contribution is -2.15. The lowest BCUT2D eigenvalue weighted by Gasteiger charge is -2.20. The van der Waals surface area contributed by atoms with Crippen LogP contribution in [0.25, 0.3) is 0 Å². The van der Waals surface area contributed by atoms with Gasteiger partial charge in [-0.25, -0.2) is 0 Å². The molecule has 0 radical (unpaired) electrons. The summed E-state index contributed by atoms with van der Waals surface area (Å²) in [4.78, 5) is 0. The third-order valence-corrected chi connectivity index (χ3v) is 3.41. The summed E-state index contributed by atoms with van der Waals surface area (Å²) < 4.78 is 6.21. The Morgan fingerprint density at radius 3 is 2.29 bits per heavy atom. The lowest BCUT2D eigenvalue weighted by atomic mass is 9.93.